The second-order valence-corrected chi connectivity index (χ2v) is 6.05. The SMILES string of the molecule is Cc1ccccc1C(=O)Nc1ccc(NC2CCCCC2)nn1. The molecule has 0 saturated heterocycles. The summed E-state index contributed by atoms with van der Waals surface area (Å²) in [5.41, 5.74) is 1.59. The van der Waals surface area contributed by atoms with E-state index < -0.39 is 0 Å². The molecule has 0 atom stereocenters. The molecule has 120 valence electrons. The third kappa shape index (κ3) is 4.06. The van der Waals surface area contributed by atoms with Gasteiger partial charge in [0.1, 0.15) is 5.82 Å². The largest absolute Gasteiger partial charge is 0.366 e. The number of hydrogen-bond acceptors (Lipinski definition) is 4. The van der Waals surface area contributed by atoms with Gasteiger partial charge >= 0.3 is 0 Å². The van der Waals surface area contributed by atoms with Crippen molar-refractivity contribution in [2.45, 2.75) is 45.1 Å². The maximum Gasteiger partial charge on any atom is 0.257 e. The van der Waals surface area contributed by atoms with E-state index in [1.807, 2.05) is 31.2 Å². The van der Waals surface area contributed by atoms with E-state index >= 15 is 0 Å². The van der Waals surface area contributed by atoms with Gasteiger partial charge < -0.3 is 10.6 Å². The minimum Gasteiger partial charge on any atom is -0.366 e. The lowest BCUT2D eigenvalue weighted by atomic mass is 9.95. The summed E-state index contributed by atoms with van der Waals surface area (Å²) in [5.74, 6) is 1.07. The zero-order valence-corrected chi connectivity index (χ0v) is 13.4. The normalized spacial score (nSPS) is 15.2. The first kappa shape index (κ1) is 15.5. The molecule has 1 aliphatic carbocycles. The lowest BCUT2D eigenvalue weighted by molar-refractivity contribution is 0.102. The molecule has 3 rings (SSSR count). The Labute approximate surface area is 136 Å². The molecule has 0 radical (unpaired) electrons. The molecule has 0 unspecified atom stereocenters. The quantitative estimate of drug-likeness (QED) is 0.902. The summed E-state index contributed by atoms with van der Waals surface area (Å²) in [6.07, 6.45) is 6.25. The summed E-state index contributed by atoms with van der Waals surface area (Å²) in [7, 11) is 0. The van der Waals surface area contributed by atoms with Crippen molar-refractivity contribution < 1.29 is 4.79 Å². The van der Waals surface area contributed by atoms with Crippen molar-refractivity contribution in [3.05, 3.63) is 47.5 Å². The zero-order chi connectivity index (χ0) is 16.1. The van der Waals surface area contributed by atoms with Crippen LogP contribution in [-0.4, -0.2) is 22.1 Å². The number of amides is 1. The summed E-state index contributed by atoms with van der Waals surface area (Å²) in [6, 6.07) is 11.6. The number of nitrogens with one attached hydrogen (secondary N) is 2. The first-order valence-corrected chi connectivity index (χ1v) is 8.19. The van der Waals surface area contributed by atoms with E-state index in [0.717, 1.165) is 11.4 Å². The smallest absolute Gasteiger partial charge is 0.257 e. The van der Waals surface area contributed by atoms with Gasteiger partial charge in [-0.1, -0.05) is 37.5 Å². The van der Waals surface area contributed by atoms with Gasteiger partial charge in [0.05, 0.1) is 0 Å². The van der Waals surface area contributed by atoms with E-state index in [2.05, 4.69) is 20.8 Å². The molecule has 5 heteroatoms. The monoisotopic (exact) mass is 310 g/mol. The Morgan fingerprint density at radius 3 is 2.39 bits per heavy atom. The number of benzene rings is 1. The first-order chi connectivity index (χ1) is 11.2. The molecule has 0 aliphatic heterocycles. The van der Waals surface area contributed by atoms with E-state index in [-0.39, 0.29) is 5.91 Å². The van der Waals surface area contributed by atoms with Gasteiger partial charge in [-0.2, -0.15) is 0 Å². The summed E-state index contributed by atoms with van der Waals surface area (Å²) in [5, 5.41) is 14.5. The van der Waals surface area contributed by atoms with Gasteiger partial charge in [0.15, 0.2) is 5.82 Å². The highest BCUT2D eigenvalue weighted by Crippen LogP contribution is 2.20. The molecule has 0 bridgehead atoms. The average Bonchev–Trinajstić information content (AvgIpc) is 2.58. The van der Waals surface area contributed by atoms with Gasteiger partial charge in [-0.05, 0) is 43.5 Å². The van der Waals surface area contributed by atoms with Gasteiger partial charge in [0.2, 0.25) is 0 Å². The van der Waals surface area contributed by atoms with Gasteiger partial charge in [0.25, 0.3) is 5.91 Å². The Morgan fingerprint density at radius 1 is 1.00 bits per heavy atom. The molecule has 0 spiro atoms. The highest BCUT2D eigenvalue weighted by Gasteiger charge is 2.14. The van der Waals surface area contributed by atoms with Crippen LogP contribution in [0.25, 0.3) is 0 Å². The number of nitrogens with zero attached hydrogens (tertiary/aromatic N) is 2. The third-order valence-electron chi connectivity index (χ3n) is 4.25. The molecule has 23 heavy (non-hydrogen) atoms. The van der Waals surface area contributed by atoms with Crippen molar-refractivity contribution in [1.29, 1.82) is 0 Å². The molecule has 2 aromatic rings. The fourth-order valence-electron chi connectivity index (χ4n) is 2.94. The summed E-state index contributed by atoms with van der Waals surface area (Å²) < 4.78 is 0. The molecule has 2 N–H and O–H groups in total. The number of carbonyl (C=O) groups excluding carboxylic acids is 1. The topological polar surface area (TPSA) is 66.9 Å². The van der Waals surface area contributed by atoms with Crippen LogP contribution in [0.2, 0.25) is 0 Å². The third-order valence-corrected chi connectivity index (χ3v) is 4.25. The molecule has 1 fully saturated rings. The minimum atomic E-state index is -0.162. The van der Waals surface area contributed by atoms with Crippen molar-refractivity contribution in [3.63, 3.8) is 0 Å². The Hall–Kier alpha value is -2.43. The van der Waals surface area contributed by atoms with Gasteiger partial charge in [-0.3, -0.25) is 4.79 Å². The van der Waals surface area contributed by atoms with Crippen molar-refractivity contribution in [2.24, 2.45) is 0 Å². The molecule has 1 saturated carbocycles. The van der Waals surface area contributed by atoms with Crippen LogP contribution in [0.3, 0.4) is 0 Å². The van der Waals surface area contributed by atoms with Crippen LogP contribution in [0.4, 0.5) is 11.6 Å². The lowest BCUT2D eigenvalue weighted by Gasteiger charge is -2.22. The Bertz CT molecular complexity index is 663. The van der Waals surface area contributed by atoms with Gasteiger partial charge in [-0.15, -0.1) is 10.2 Å². The van der Waals surface area contributed by atoms with Crippen LogP contribution >= 0.6 is 0 Å². The average molecular weight is 310 g/mol. The zero-order valence-electron chi connectivity index (χ0n) is 13.4. The Balaban J connectivity index is 1.61. The van der Waals surface area contributed by atoms with E-state index in [4.69, 9.17) is 0 Å². The predicted octanol–water partition coefficient (Wildman–Crippen LogP) is 3.78. The van der Waals surface area contributed by atoms with Crippen molar-refractivity contribution in [3.8, 4) is 0 Å². The number of carbonyl (C=O) groups is 1. The minimum absolute atomic E-state index is 0.162. The second-order valence-electron chi connectivity index (χ2n) is 6.05. The van der Waals surface area contributed by atoms with E-state index in [1.54, 1.807) is 12.1 Å². The van der Waals surface area contributed by atoms with Gasteiger partial charge in [-0.25, -0.2) is 0 Å². The number of aromatic nitrogens is 2. The number of hydrogen-bond donors (Lipinski definition) is 2. The van der Waals surface area contributed by atoms with E-state index in [1.165, 1.54) is 32.1 Å². The molecule has 1 aromatic carbocycles. The molecular weight excluding hydrogens is 288 g/mol. The van der Waals surface area contributed by atoms with Crippen LogP contribution in [0.1, 0.15) is 48.0 Å². The maximum atomic E-state index is 12.2. The van der Waals surface area contributed by atoms with Crippen molar-refractivity contribution in [2.75, 3.05) is 10.6 Å². The van der Waals surface area contributed by atoms with E-state index in [0.29, 0.717) is 17.4 Å². The molecule has 5 nitrogen and oxygen atoms in total. The number of aryl methyl sites for hydroxylation is 1. The van der Waals surface area contributed by atoms with Crippen LogP contribution in [0, 0.1) is 6.92 Å². The lowest BCUT2D eigenvalue weighted by Crippen LogP contribution is -2.23. The summed E-state index contributed by atoms with van der Waals surface area (Å²) >= 11 is 0. The fourth-order valence-corrected chi connectivity index (χ4v) is 2.94. The Morgan fingerprint density at radius 2 is 1.70 bits per heavy atom. The first-order valence-electron chi connectivity index (χ1n) is 8.19. The second kappa shape index (κ2) is 7.22. The highest BCUT2D eigenvalue weighted by atomic mass is 16.1. The molecular formula is C18H22N4O. The molecule has 1 aromatic heterocycles. The summed E-state index contributed by atoms with van der Waals surface area (Å²) in [6.45, 7) is 1.91. The van der Waals surface area contributed by atoms with Gasteiger partial charge in [0, 0.05) is 11.6 Å². The number of anilines is 2. The molecule has 1 amide bonds. The van der Waals surface area contributed by atoms with E-state index in [9.17, 15) is 4.79 Å². The van der Waals surface area contributed by atoms with Crippen LogP contribution in [0.15, 0.2) is 36.4 Å². The van der Waals surface area contributed by atoms with Crippen molar-refractivity contribution >= 4 is 17.5 Å². The maximum absolute atomic E-state index is 12.2. The predicted molar refractivity (Wildman–Crippen MR) is 91.7 cm³/mol. The molecule has 1 aliphatic rings. The van der Waals surface area contributed by atoms with Crippen molar-refractivity contribution in [1.82, 2.24) is 10.2 Å². The van der Waals surface area contributed by atoms with Crippen LogP contribution in [0.5, 0.6) is 0 Å². The Kier molecular flexibility index (Phi) is 4.86. The van der Waals surface area contributed by atoms with Crippen LogP contribution in [-0.2, 0) is 0 Å². The molecule has 1 heterocycles. The van der Waals surface area contributed by atoms with Crippen LogP contribution < -0.4 is 10.6 Å². The standard InChI is InChI=1S/C18H22N4O/c1-13-7-5-6-10-15(13)18(23)20-17-12-11-16(21-22-17)19-14-8-3-2-4-9-14/h5-7,10-12,14H,2-4,8-9H2,1H3,(H,19,21)(H,20,22,23). The highest BCUT2D eigenvalue weighted by molar-refractivity contribution is 6.04. The summed E-state index contributed by atoms with van der Waals surface area (Å²) in [4.78, 5) is 12.2. The number of rotatable bonds is 4. The fraction of sp³-hybridized carbons (Fsp3) is 0.389.